The Morgan fingerprint density at radius 1 is 1.42 bits per heavy atom. The van der Waals surface area contributed by atoms with E-state index in [4.69, 9.17) is 0 Å². The van der Waals surface area contributed by atoms with Gasteiger partial charge in [-0.15, -0.1) is 0 Å². The summed E-state index contributed by atoms with van der Waals surface area (Å²) in [5.41, 5.74) is 1.99. The van der Waals surface area contributed by atoms with Crippen LogP contribution in [0.5, 0.6) is 0 Å². The Labute approximate surface area is 113 Å². The molecule has 0 amide bonds. The van der Waals surface area contributed by atoms with Crippen molar-refractivity contribution in [2.24, 2.45) is 5.92 Å². The maximum absolute atomic E-state index is 10.9. The predicted octanol–water partition coefficient (Wildman–Crippen LogP) is 3.35. The second-order valence-electron chi connectivity index (χ2n) is 5.10. The van der Waals surface area contributed by atoms with E-state index in [1.165, 1.54) is 12.8 Å². The van der Waals surface area contributed by atoms with Gasteiger partial charge >= 0.3 is 0 Å². The molecule has 0 saturated carbocycles. The molecule has 4 heteroatoms. The summed E-state index contributed by atoms with van der Waals surface area (Å²) in [5, 5.41) is 14.3. The van der Waals surface area contributed by atoms with Crippen LogP contribution in [0.4, 0.5) is 5.69 Å². The van der Waals surface area contributed by atoms with Crippen LogP contribution >= 0.6 is 0 Å². The highest BCUT2D eigenvalue weighted by atomic mass is 16.6. The molecule has 1 unspecified atom stereocenters. The van der Waals surface area contributed by atoms with Gasteiger partial charge in [0.1, 0.15) is 0 Å². The van der Waals surface area contributed by atoms with E-state index in [1.54, 1.807) is 12.1 Å². The normalized spacial score (nSPS) is 18.5. The van der Waals surface area contributed by atoms with Crippen molar-refractivity contribution in [1.29, 1.82) is 0 Å². The molecular weight excluding hydrogens is 240 g/mol. The van der Waals surface area contributed by atoms with E-state index in [-0.39, 0.29) is 10.6 Å². The van der Waals surface area contributed by atoms with Crippen molar-refractivity contribution in [3.05, 3.63) is 51.6 Å². The maximum atomic E-state index is 10.9. The first-order chi connectivity index (χ1) is 9.18. The van der Waals surface area contributed by atoms with Crippen LogP contribution in [0.3, 0.4) is 0 Å². The Balaban J connectivity index is 1.90. The SMILES string of the molecule is Cc1c(CNCC2CC=CCC2)cccc1[N+](=O)[O-]. The van der Waals surface area contributed by atoms with Crippen LogP contribution in [0.25, 0.3) is 0 Å². The van der Waals surface area contributed by atoms with Gasteiger partial charge < -0.3 is 5.32 Å². The molecule has 1 aliphatic rings. The minimum atomic E-state index is -0.315. The molecule has 0 heterocycles. The van der Waals surface area contributed by atoms with Gasteiger partial charge in [-0.05, 0) is 44.2 Å². The highest BCUT2D eigenvalue weighted by molar-refractivity contribution is 5.44. The minimum absolute atomic E-state index is 0.208. The first-order valence-electron chi connectivity index (χ1n) is 6.77. The van der Waals surface area contributed by atoms with Crippen LogP contribution in [0.1, 0.15) is 30.4 Å². The molecule has 4 nitrogen and oxygen atoms in total. The molecule has 0 aliphatic heterocycles. The first kappa shape index (κ1) is 13.7. The lowest BCUT2D eigenvalue weighted by Gasteiger charge is -2.18. The van der Waals surface area contributed by atoms with Gasteiger partial charge in [0.25, 0.3) is 5.69 Å². The number of benzene rings is 1. The zero-order chi connectivity index (χ0) is 13.7. The molecule has 0 spiro atoms. The quantitative estimate of drug-likeness (QED) is 0.502. The number of rotatable bonds is 5. The highest BCUT2D eigenvalue weighted by Gasteiger charge is 2.13. The summed E-state index contributed by atoms with van der Waals surface area (Å²) in [7, 11) is 0. The molecule has 1 N–H and O–H groups in total. The van der Waals surface area contributed by atoms with Crippen LogP contribution in [0, 0.1) is 23.0 Å². The van der Waals surface area contributed by atoms with E-state index in [9.17, 15) is 10.1 Å². The molecule has 0 saturated heterocycles. The Morgan fingerprint density at radius 2 is 2.26 bits per heavy atom. The van der Waals surface area contributed by atoms with E-state index in [1.807, 2.05) is 13.0 Å². The van der Waals surface area contributed by atoms with E-state index in [2.05, 4.69) is 17.5 Å². The third-order valence-corrected chi connectivity index (χ3v) is 3.74. The third kappa shape index (κ3) is 3.64. The third-order valence-electron chi connectivity index (χ3n) is 3.74. The van der Waals surface area contributed by atoms with Gasteiger partial charge in [-0.25, -0.2) is 0 Å². The molecule has 0 aromatic heterocycles. The fourth-order valence-corrected chi connectivity index (χ4v) is 2.51. The standard InChI is InChI=1S/C15H20N2O2/c1-12-14(8-5-9-15(12)17(18)19)11-16-10-13-6-3-2-4-7-13/h2-3,5,8-9,13,16H,4,6-7,10-11H2,1H3. The van der Waals surface area contributed by atoms with E-state index in [0.29, 0.717) is 12.5 Å². The van der Waals surface area contributed by atoms with Crippen molar-refractivity contribution in [1.82, 2.24) is 5.32 Å². The fourth-order valence-electron chi connectivity index (χ4n) is 2.51. The van der Waals surface area contributed by atoms with Crippen molar-refractivity contribution < 1.29 is 4.92 Å². The van der Waals surface area contributed by atoms with Gasteiger partial charge in [-0.2, -0.15) is 0 Å². The predicted molar refractivity (Wildman–Crippen MR) is 76.0 cm³/mol. The largest absolute Gasteiger partial charge is 0.312 e. The Hall–Kier alpha value is -1.68. The van der Waals surface area contributed by atoms with Crippen molar-refractivity contribution in [3.8, 4) is 0 Å². The number of hydrogen-bond donors (Lipinski definition) is 1. The van der Waals surface area contributed by atoms with Crippen molar-refractivity contribution in [2.75, 3.05) is 6.54 Å². The van der Waals surface area contributed by atoms with Crippen molar-refractivity contribution in [2.45, 2.75) is 32.7 Å². The zero-order valence-corrected chi connectivity index (χ0v) is 11.3. The topological polar surface area (TPSA) is 55.2 Å². The van der Waals surface area contributed by atoms with E-state index >= 15 is 0 Å². The van der Waals surface area contributed by atoms with Crippen LogP contribution < -0.4 is 5.32 Å². The second kappa shape index (κ2) is 6.48. The summed E-state index contributed by atoms with van der Waals surface area (Å²) in [6.07, 6.45) is 8.02. The van der Waals surface area contributed by atoms with Gasteiger partial charge in [0.2, 0.25) is 0 Å². The van der Waals surface area contributed by atoms with Gasteiger partial charge in [-0.3, -0.25) is 10.1 Å². The summed E-state index contributed by atoms with van der Waals surface area (Å²) in [6, 6.07) is 5.27. The molecule has 0 radical (unpaired) electrons. The van der Waals surface area contributed by atoms with E-state index in [0.717, 1.165) is 24.1 Å². The zero-order valence-electron chi connectivity index (χ0n) is 11.3. The molecule has 1 atom stereocenters. The summed E-state index contributed by atoms with van der Waals surface area (Å²) in [4.78, 5) is 10.6. The lowest BCUT2D eigenvalue weighted by Crippen LogP contribution is -2.23. The molecule has 1 aliphatic carbocycles. The number of hydrogen-bond acceptors (Lipinski definition) is 3. The maximum Gasteiger partial charge on any atom is 0.272 e. The lowest BCUT2D eigenvalue weighted by molar-refractivity contribution is -0.385. The van der Waals surface area contributed by atoms with Gasteiger partial charge in [0, 0.05) is 18.2 Å². The average Bonchev–Trinajstić information content (AvgIpc) is 2.41. The van der Waals surface area contributed by atoms with Crippen LogP contribution in [0.15, 0.2) is 30.4 Å². The Morgan fingerprint density at radius 3 is 2.95 bits per heavy atom. The molecule has 0 bridgehead atoms. The number of nitrogens with zero attached hydrogens (tertiary/aromatic N) is 1. The molecular formula is C15H20N2O2. The summed E-state index contributed by atoms with van der Waals surface area (Å²) in [5.74, 6) is 0.698. The fraction of sp³-hybridized carbons (Fsp3) is 0.467. The number of nitro groups is 1. The summed E-state index contributed by atoms with van der Waals surface area (Å²) in [6.45, 7) is 3.50. The molecule has 2 rings (SSSR count). The summed E-state index contributed by atoms with van der Waals surface area (Å²) >= 11 is 0. The van der Waals surface area contributed by atoms with Crippen LogP contribution in [-0.2, 0) is 6.54 Å². The first-order valence-corrected chi connectivity index (χ1v) is 6.77. The Kier molecular flexibility index (Phi) is 4.68. The van der Waals surface area contributed by atoms with Crippen LogP contribution in [0.2, 0.25) is 0 Å². The second-order valence-corrected chi connectivity index (χ2v) is 5.10. The number of allylic oxidation sites excluding steroid dienone is 2. The van der Waals surface area contributed by atoms with Crippen LogP contribution in [-0.4, -0.2) is 11.5 Å². The Bertz CT molecular complexity index is 483. The number of nitrogens with one attached hydrogen (secondary N) is 1. The molecule has 1 aromatic carbocycles. The monoisotopic (exact) mass is 260 g/mol. The van der Waals surface area contributed by atoms with E-state index < -0.39 is 0 Å². The van der Waals surface area contributed by atoms with Crippen molar-refractivity contribution in [3.63, 3.8) is 0 Å². The molecule has 0 fully saturated rings. The molecule has 102 valence electrons. The average molecular weight is 260 g/mol. The molecule has 1 aromatic rings. The summed E-state index contributed by atoms with van der Waals surface area (Å²) < 4.78 is 0. The van der Waals surface area contributed by atoms with Gasteiger partial charge in [-0.1, -0.05) is 24.3 Å². The van der Waals surface area contributed by atoms with Gasteiger partial charge in [0.05, 0.1) is 4.92 Å². The highest BCUT2D eigenvalue weighted by Crippen LogP contribution is 2.21. The number of nitro benzene ring substituents is 1. The molecule has 19 heavy (non-hydrogen) atoms. The van der Waals surface area contributed by atoms with Crippen molar-refractivity contribution >= 4 is 5.69 Å². The smallest absolute Gasteiger partial charge is 0.272 e. The minimum Gasteiger partial charge on any atom is -0.312 e. The lowest BCUT2D eigenvalue weighted by atomic mass is 9.94. The van der Waals surface area contributed by atoms with Gasteiger partial charge in [0.15, 0.2) is 0 Å².